The number of hydrogen-bond donors (Lipinski definition) is 2. The van der Waals surface area contributed by atoms with E-state index in [-0.39, 0.29) is 30.7 Å². The van der Waals surface area contributed by atoms with E-state index in [0.29, 0.717) is 24.7 Å². The number of amides is 1. The molecule has 1 aliphatic rings. The third-order valence-corrected chi connectivity index (χ3v) is 5.10. The Morgan fingerprint density at radius 3 is 2.41 bits per heavy atom. The van der Waals surface area contributed by atoms with Gasteiger partial charge in [0, 0.05) is 37.8 Å². The van der Waals surface area contributed by atoms with Crippen molar-refractivity contribution in [3.63, 3.8) is 0 Å². The SMILES string of the molecule is CCC(CNC(=O)c1ccc(CN)cc1)N1CCc2ccccc2C1.Cl.Cl. The number of nitrogens with two attached hydrogens (primary N) is 1. The first-order valence-corrected chi connectivity index (χ1v) is 9.09. The third-order valence-electron chi connectivity index (χ3n) is 5.10. The Balaban J connectivity index is 0.00000182. The second kappa shape index (κ2) is 11.3. The number of carbonyl (C=O) groups excluding carboxylic acids is 1. The lowest BCUT2D eigenvalue weighted by Crippen LogP contribution is -2.45. The predicted octanol–water partition coefficient (Wildman–Crippen LogP) is 3.56. The van der Waals surface area contributed by atoms with E-state index in [9.17, 15) is 4.79 Å². The summed E-state index contributed by atoms with van der Waals surface area (Å²) in [6.45, 7) is 5.38. The average molecular weight is 410 g/mol. The number of hydrogen-bond acceptors (Lipinski definition) is 3. The van der Waals surface area contributed by atoms with Gasteiger partial charge in [-0.25, -0.2) is 0 Å². The van der Waals surface area contributed by atoms with Gasteiger partial charge in [0.2, 0.25) is 0 Å². The third kappa shape index (κ3) is 5.94. The van der Waals surface area contributed by atoms with Gasteiger partial charge in [-0.1, -0.05) is 43.3 Å². The molecule has 3 rings (SSSR count). The fourth-order valence-electron chi connectivity index (χ4n) is 3.47. The molecule has 0 saturated carbocycles. The molecule has 2 aromatic carbocycles. The van der Waals surface area contributed by atoms with Crippen molar-refractivity contribution in [2.45, 2.75) is 38.9 Å². The number of halogens is 2. The van der Waals surface area contributed by atoms with E-state index in [1.807, 2.05) is 24.3 Å². The molecule has 0 aliphatic carbocycles. The number of nitrogens with one attached hydrogen (secondary N) is 1. The molecule has 0 bridgehead atoms. The molecule has 0 fully saturated rings. The molecule has 0 aromatic heterocycles. The van der Waals surface area contributed by atoms with Gasteiger partial charge in [-0.3, -0.25) is 9.69 Å². The average Bonchev–Trinajstić information content (AvgIpc) is 2.68. The van der Waals surface area contributed by atoms with Gasteiger partial charge in [0.1, 0.15) is 0 Å². The summed E-state index contributed by atoms with van der Waals surface area (Å²) in [5.74, 6) is -0.0144. The Morgan fingerprint density at radius 2 is 1.78 bits per heavy atom. The molecule has 2 aromatic rings. The van der Waals surface area contributed by atoms with Crippen LogP contribution in [0, 0.1) is 0 Å². The quantitative estimate of drug-likeness (QED) is 0.766. The monoisotopic (exact) mass is 409 g/mol. The number of nitrogens with zero attached hydrogens (tertiary/aromatic N) is 1. The molecule has 3 N–H and O–H groups in total. The highest BCUT2D eigenvalue weighted by Gasteiger charge is 2.22. The maximum Gasteiger partial charge on any atom is 0.251 e. The van der Waals surface area contributed by atoms with E-state index in [4.69, 9.17) is 5.73 Å². The highest BCUT2D eigenvalue weighted by molar-refractivity contribution is 5.94. The zero-order valence-electron chi connectivity index (χ0n) is 15.7. The molecule has 1 aliphatic heterocycles. The van der Waals surface area contributed by atoms with Crippen LogP contribution in [0.2, 0.25) is 0 Å². The van der Waals surface area contributed by atoms with Crippen molar-refractivity contribution in [2.24, 2.45) is 5.73 Å². The lowest BCUT2D eigenvalue weighted by Gasteiger charge is -2.35. The Labute approximate surface area is 174 Å². The minimum Gasteiger partial charge on any atom is -0.350 e. The van der Waals surface area contributed by atoms with Crippen LogP contribution in [0.5, 0.6) is 0 Å². The van der Waals surface area contributed by atoms with Gasteiger partial charge in [-0.05, 0) is 41.7 Å². The molecular weight excluding hydrogens is 381 g/mol. The van der Waals surface area contributed by atoms with Crippen LogP contribution in [0.1, 0.15) is 40.4 Å². The van der Waals surface area contributed by atoms with Crippen molar-refractivity contribution in [1.82, 2.24) is 10.2 Å². The highest BCUT2D eigenvalue weighted by Crippen LogP contribution is 2.21. The largest absolute Gasteiger partial charge is 0.350 e. The summed E-state index contributed by atoms with van der Waals surface area (Å²) >= 11 is 0. The smallest absolute Gasteiger partial charge is 0.251 e. The summed E-state index contributed by atoms with van der Waals surface area (Å²) in [7, 11) is 0. The number of rotatable bonds is 6. The van der Waals surface area contributed by atoms with Crippen LogP contribution >= 0.6 is 24.8 Å². The van der Waals surface area contributed by atoms with Crippen LogP contribution < -0.4 is 11.1 Å². The van der Waals surface area contributed by atoms with Crippen LogP contribution in [0.15, 0.2) is 48.5 Å². The molecule has 0 saturated heterocycles. The van der Waals surface area contributed by atoms with E-state index in [1.165, 1.54) is 11.1 Å². The fourth-order valence-corrected chi connectivity index (χ4v) is 3.47. The van der Waals surface area contributed by atoms with Crippen molar-refractivity contribution < 1.29 is 4.79 Å². The van der Waals surface area contributed by atoms with Gasteiger partial charge >= 0.3 is 0 Å². The Morgan fingerprint density at radius 1 is 1.11 bits per heavy atom. The summed E-state index contributed by atoms with van der Waals surface area (Å²) in [6.07, 6.45) is 2.11. The number of carbonyl (C=O) groups is 1. The van der Waals surface area contributed by atoms with Crippen molar-refractivity contribution in [3.05, 3.63) is 70.8 Å². The second-order valence-corrected chi connectivity index (χ2v) is 6.66. The maximum absolute atomic E-state index is 12.4. The van der Waals surface area contributed by atoms with E-state index in [2.05, 4.69) is 41.4 Å². The van der Waals surface area contributed by atoms with Gasteiger partial charge in [0.25, 0.3) is 5.91 Å². The van der Waals surface area contributed by atoms with Crippen LogP contribution in [0.3, 0.4) is 0 Å². The molecule has 6 heteroatoms. The summed E-state index contributed by atoms with van der Waals surface area (Å²) in [5.41, 5.74) is 10.2. The number of fused-ring (bicyclic) bond motifs is 1. The summed E-state index contributed by atoms with van der Waals surface area (Å²) in [5, 5.41) is 3.10. The standard InChI is InChI=1S/C21H27N3O.2ClH/c1-2-20(24-12-11-17-5-3-4-6-19(17)15-24)14-23-21(25)18-9-7-16(13-22)8-10-18;;/h3-10,20H,2,11-15,22H2,1H3,(H,23,25);2*1H. The second-order valence-electron chi connectivity index (χ2n) is 6.66. The summed E-state index contributed by atoms with van der Waals surface area (Å²) < 4.78 is 0. The van der Waals surface area contributed by atoms with E-state index in [0.717, 1.165) is 31.5 Å². The minimum atomic E-state index is -0.0144. The van der Waals surface area contributed by atoms with Gasteiger partial charge in [0.05, 0.1) is 0 Å². The van der Waals surface area contributed by atoms with E-state index in [1.54, 1.807) is 0 Å². The van der Waals surface area contributed by atoms with E-state index >= 15 is 0 Å². The normalized spacial score (nSPS) is 14.3. The Hall–Kier alpha value is -1.59. The van der Waals surface area contributed by atoms with E-state index < -0.39 is 0 Å². The first-order chi connectivity index (χ1) is 12.2. The van der Waals surface area contributed by atoms with Crippen molar-refractivity contribution >= 4 is 30.7 Å². The van der Waals surface area contributed by atoms with Crippen LogP contribution in [-0.2, 0) is 19.5 Å². The van der Waals surface area contributed by atoms with Gasteiger partial charge in [-0.15, -0.1) is 24.8 Å². The molecule has 27 heavy (non-hydrogen) atoms. The predicted molar refractivity (Wildman–Crippen MR) is 116 cm³/mol. The van der Waals surface area contributed by atoms with Gasteiger partial charge in [-0.2, -0.15) is 0 Å². The fraction of sp³-hybridized carbons (Fsp3) is 0.381. The molecule has 1 unspecified atom stereocenters. The first kappa shape index (κ1) is 23.4. The molecular formula is C21H29Cl2N3O. The van der Waals surface area contributed by atoms with Gasteiger partial charge in [0.15, 0.2) is 0 Å². The lowest BCUT2D eigenvalue weighted by molar-refractivity contribution is 0.0926. The maximum atomic E-state index is 12.4. The van der Waals surface area contributed by atoms with Crippen LogP contribution in [-0.4, -0.2) is 29.9 Å². The van der Waals surface area contributed by atoms with Crippen molar-refractivity contribution in [2.75, 3.05) is 13.1 Å². The van der Waals surface area contributed by atoms with Crippen molar-refractivity contribution in [3.8, 4) is 0 Å². The zero-order valence-corrected chi connectivity index (χ0v) is 17.3. The first-order valence-electron chi connectivity index (χ1n) is 9.09. The molecule has 148 valence electrons. The highest BCUT2D eigenvalue weighted by atomic mass is 35.5. The van der Waals surface area contributed by atoms with Gasteiger partial charge < -0.3 is 11.1 Å². The molecule has 1 amide bonds. The molecule has 1 heterocycles. The molecule has 0 spiro atoms. The van der Waals surface area contributed by atoms with Crippen molar-refractivity contribution in [1.29, 1.82) is 0 Å². The van der Waals surface area contributed by atoms with Crippen LogP contribution in [0.4, 0.5) is 0 Å². The molecule has 4 nitrogen and oxygen atoms in total. The summed E-state index contributed by atoms with van der Waals surface area (Å²) in [6, 6.07) is 16.5. The lowest BCUT2D eigenvalue weighted by atomic mass is 9.98. The topological polar surface area (TPSA) is 58.4 Å². The summed E-state index contributed by atoms with van der Waals surface area (Å²) in [4.78, 5) is 14.9. The minimum absolute atomic E-state index is 0. The Kier molecular flexibility index (Phi) is 9.81. The molecule has 1 atom stereocenters. The Bertz CT molecular complexity index is 722. The molecule has 0 radical (unpaired) electrons. The van der Waals surface area contributed by atoms with Crippen LogP contribution in [0.25, 0.3) is 0 Å². The zero-order chi connectivity index (χ0) is 17.6. The number of benzene rings is 2.